The van der Waals surface area contributed by atoms with Crippen molar-refractivity contribution in [1.29, 1.82) is 0 Å². The Hall–Kier alpha value is -2.02. The van der Waals surface area contributed by atoms with Crippen molar-refractivity contribution in [2.75, 3.05) is 11.2 Å². The minimum Gasteiger partial charge on any atom is -0.322 e. The van der Waals surface area contributed by atoms with Gasteiger partial charge in [0.15, 0.2) is 5.82 Å². The highest BCUT2D eigenvalue weighted by Gasteiger charge is 2.10. The third-order valence-electron chi connectivity index (χ3n) is 2.22. The average Bonchev–Trinajstić information content (AvgIpc) is 2.78. The van der Waals surface area contributed by atoms with E-state index in [1.54, 1.807) is 6.92 Å². The predicted octanol–water partition coefficient (Wildman–Crippen LogP) is 1.29. The van der Waals surface area contributed by atoms with Crippen molar-refractivity contribution in [1.82, 2.24) is 20.2 Å². The number of alkyl halides is 1. The summed E-state index contributed by atoms with van der Waals surface area (Å²) in [5.74, 6) is -0.728. The molecule has 0 saturated heterocycles. The number of tetrazole rings is 1. The predicted molar refractivity (Wildman–Crippen MR) is 63.2 cm³/mol. The molecule has 1 aromatic carbocycles. The first-order chi connectivity index (χ1) is 8.61. The molecule has 1 amide bonds. The SMILES string of the molecule is Cc1nnnn1-c1ccc(F)c(NC(=O)CCl)c1. The molecule has 1 aromatic heterocycles. The Kier molecular flexibility index (Phi) is 3.52. The molecule has 0 aliphatic rings. The van der Waals surface area contributed by atoms with Crippen molar-refractivity contribution in [3.8, 4) is 5.69 Å². The maximum absolute atomic E-state index is 13.5. The number of rotatable bonds is 3. The van der Waals surface area contributed by atoms with Crippen LogP contribution in [0.4, 0.5) is 10.1 Å². The largest absolute Gasteiger partial charge is 0.322 e. The van der Waals surface area contributed by atoms with Gasteiger partial charge in [0.25, 0.3) is 0 Å². The first kappa shape index (κ1) is 12.4. The maximum Gasteiger partial charge on any atom is 0.239 e. The van der Waals surface area contributed by atoms with Crippen LogP contribution in [0.3, 0.4) is 0 Å². The summed E-state index contributed by atoms with van der Waals surface area (Å²) in [5, 5.41) is 13.3. The Bertz CT molecular complexity index is 585. The smallest absolute Gasteiger partial charge is 0.239 e. The van der Waals surface area contributed by atoms with Gasteiger partial charge in [-0.3, -0.25) is 4.79 Å². The Morgan fingerprint density at radius 2 is 2.33 bits per heavy atom. The van der Waals surface area contributed by atoms with Gasteiger partial charge in [-0.25, -0.2) is 4.39 Å². The molecule has 0 bridgehead atoms. The van der Waals surface area contributed by atoms with Gasteiger partial charge in [-0.1, -0.05) is 0 Å². The lowest BCUT2D eigenvalue weighted by molar-refractivity contribution is -0.113. The number of nitrogens with one attached hydrogen (secondary N) is 1. The molecule has 0 radical (unpaired) electrons. The number of amides is 1. The molecular weight excluding hydrogens is 261 g/mol. The summed E-state index contributed by atoms with van der Waals surface area (Å²) in [6.45, 7) is 1.71. The monoisotopic (exact) mass is 269 g/mol. The minimum absolute atomic E-state index is 0.0352. The fourth-order valence-electron chi connectivity index (χ4n) is 1.39. The molecule has 0 spiro atoms. The van der Waals surface area contributed by atoms with Crippen LogP contribution in [0.2, 0.25) is 0 Å². The van der Waals surface area contributed by atoms with E-state index in [9.17, 15) is 9.18 Å². The summed E-state index contributed by atoms with van der Waals surface area (Å²) in [7, 11) is 0. The number of hydrogen-bond donors (Lipinski definition) is 1. The molecule has 6 nitrogen and oxygen atoms in total. The fourth-order valence-corrected chi connectivity index (χ4v) is 1.46. The van der Waals surface area contributed by atoms with E-state index in [0.717, 1.165) is 0 Å². The topological polar surface area (TPSA) is 72.7 Å². The highest BCUT2D eigenvalue weighted by atomic mass is 35.5. The second-order valence-electron chi connectivity index (χ2n) is 3.48. The summed E-state index contributed by atoms with van der Waals surface area (Å²) >= 11 is 5.35. The molecule has 1 heterocycles. The Labute approximate surface area is 107 Å². The standard InChI is InChI=1S/C10H9ClFN5O/c1-6-14-15-16-17(6)7-2-3-8(12)9(4-7)13-10(18)5-11/h2-4H,5H2,1H3,(H,13,18). The normalized spacial score (nSPS) is 10.4. The van der Waals surface area contributed by atoms with E-state index in [-0.39, 0.29) is 11.6 Å². The molecule has 0 unspecified atom stereocenters. The van der Waals surface area contributed by atoms with E-state index in [2.05, 4.69) is 20.8 Å². The molecule has 0 saturated carbocycles. The molecule has 94 valence electrons. The number of carbonyl (C=O) groups is 1. The number of anilines is 1. The van der Waals surface area contributed by atoms with Crippen molar-refractivity contribution in [2.45, 2.75) is 6.92 Å². The van der Waals surface area contributed by atoms with Gasteiger partial charge in [0.1, 0.15) is 11.7 Å². The van der Waals surface area contributed by atoms with E-state index in [1.165, 1.54) is 22.9 Å². The third-order valence-corrected chi connectivity index (χ3v) is 2.46. The summed E-state index contributed by atoms with van der Waals surface area (Å²) in [4.78, 5) is 11.1. The van der Waals surface area contributed by atoms with Crippen molar-refractivity contribution in [2.24, 2.45) is 0 Å². The second kappa shape index (κ2) is 5.09. The van der Waals surface area contributed by atoms with Gasteiger partial charge in [0.2, 0.25) is 5.91 Å². The molecule has 2 aromatic rings. The lowest BCUT2D eigenvalue weighted by Crippen LogP contribution is -2.14. The van der Waals surface area contributed by atoms with E-state index >= 15 is 0 Å². The number of benzene rings is 1. The zero-order valence-corrected chi connectivity index (χ0v) is 10.1. The van der Waals surface area contributed by atoms with Crippen LogP contribution in [-0.2, 0) is 4.79 Å². The molecule has 18 heavy (non-hydrogen) atoms. The lowest BCUT2D eigenvalue weighted by Gasteiger charge is -2.07. The molecule has 8 heteroatoms. The van der Waals surface area contributed by atoms with E-state index in [4.69, 9.17) is 11.6 Å². The van der Waals surface area contributed by atoms with E-state index < -0.39 is 11.7 Å². The van der Waals surface area contributed by atoms with E-state index in [0.29, 0.717) is 11.5 Å². The first-order valence-electron chi connectivity index (χ1n) is 5.02. The van der Waals surface area contributed by atoms with Crippen LogP contribution in [0.1, 0.15) is 5.82 Å². The van der Waals surface area contributed by atoms with Gasteiger partial charge in [-0.15, -0.1) is 16.7 Å². The Morgan fingerprint density at radius 1 is 1.56 bits per heavy atom. The van der Waals surface area contributed by atoms with Crippen LogP contribution >= 0.6 is 11.6 Å². The van der Waals surface area contributed by atoms with Crippen LogP contribution in [0.5, 0.6) is 0 Å². The minimum atomic E-state index is -0.553. The van der Waals surface area contributed by atoms with Crippen molar-refractivity contribution >= 4 is 23.2 Å². The number of hydrogen-bond acceptors (Lipinski definition) is 4. The summed E-state index contributed by atoms with van der Waals surface area (Å²) < 4.78 is 14.9. The van der Waals surface area contributed by atoms with Gasteiger partial charge < -0.3 is 5.32 Å². The quantitative estimate of drug-likeness (QED) is 0.852. The lowest BCUT2D eigenvalue weighted by atomic mass is 10.2. The van der Waals surface area contributed by atoms with Gasteiger partial charge >= 0.3 is 0 Å². The highest BCUT2D eigenvalue weighted by molar-refractivity contribution is 6.29. The van der Waals surface area contributed by atoms with Crippen LogP contribution in [0, 0.1) is 12.7 Å². The number of aryl methyl sites for hydroxylation is 1. The number of aromatic nitrogens is 4. The molecule has 0 atom stereocenters. The van der Waals surface area contributed by atoms with Crippen LogP contribution in [-0.4, -0.2) is 32.0 Å². The van der Waals surface area contributed by atoms with Gasteiger partial charge in [0.05, 0.1) is 11.4 Å². The van der Waals surface area contributed by atoms with Crippen LogP contribution in [0.15, 0.2) is 18.2 Å². The molecule has 2 rings (SSSR count). The Morgan fingerprint density at radius 3 is 2.94 bits per heavy atom. The van der Waals surface area contributed by atoms with Crippen LogP contribution in [0.25, 0.3) is 5.69 Å². The first-order valence-corrected chi connectivity index (χ1v) is 5.56. The maximum atomic E-state index is 13.5. The number of carbonyl (C=O) groups excluding carboxylic acids is 1. The zero-order valence-electron chi connectivity index (χ0n) is 9.39. The van der Waals surface area contributed by atoms with Crippen molar-refractivity contribution in [3.05, 3.63) is 29.8 Å². The van der Waals surface area contributed by atoms with Gasteiger partial charge in [-0.05, 0) is 35.5 Å². The molecular formula is C10H9ClFN5O. The molecule has 0 aliphatic carbocycles. The molecule has 0 fully saturated rings. The summed E-state index contributed by atoms with van der Waals surface area (Å²) in [5.41, 5.74) is 0.580. The van der Waals surface area contributed by atoms with E-state index in [1.807, 2.05) is 0 Å². The average molecular weight is 270 g/mol. The summed E-state index contributed by atoms with van der Waals surface area (Å²) in [6, 6.07) is 4.17. The fraction of sp³-hybridized carbons (Fsp3) is 0.200. The molecule has 1 N–H and O–H groups in total. The summed E-state index contributed by atoms with van der Waals surface area (Å²) in [6.07, 6.45) is 0. The third kappa shape index (κ3) is 2.45. The second-order valence-corrected chi connectivity index (χ2v) is 3.75. The van der Waals surface area contributed by atoms with Crippen LogP contribution < -0.4 is 5.32 Å². The van der Waals surface area contributed by atoms with Crippen molar-refractivity contribution < 1.29 is 9.18 Å². The number of nitrogens with zero attached hydrogens (tertiary/aromatic N) is 4. The highest BCUT2D eigenvalue weighted by Crippen LogP contribution is 2.19. The van der Waals surface area contributed by atoms with Crippen molar-refractivity contribution in [3.63, 3.8) is 0 Å². The zero-order chi connectivity index (χ0) is 13.1. The number of halogens is 2. The molecule has 0 aliphatic heterocycles. The van der Waals surface area contributed by atoms with Gasteiger partial charge in [0, 0.05) is 0 Å². The van der Waals surface area contributed by atoms with Gasteiger partial charge in [-0.2, -0.15) is 4.68 Å². The Balaban J connectivity index is 2.38.